The van der Waals surface area contributed by atoms with Crippen molar-refractivity contribution in [2.45, 2.75) is 39.8 Å². The minimum atomic E-state index is 0.0333. The van der Waals surface area contributed by atoms with E-state index in [0.29, 0.717) is 18.7 Å². The van der Waals surface area contributed by atoms with E-state index in [1.165, 1.54) is 5.69 Å². The van der Waals surface area contributed by atoms with Crippen molar-refractivity contribution in [1.82, 2.24) is 29.2 Å². The molecule has 1 amide bonds. The van der Waals surface area contributed by atoms with Crippen molar-refractivity contribution >= 4 is 5.91 Å². The summed E-state index contributed by atoms with van der Waals surface area (Å²) in [4.78, 5) is 23.4. The fourth-order valence-electron chi connectivity index (χ4n) is 3.78. The lowest BCUT2D eigenvalue weighted by molar-refractivity contribution is 0.0733. The minimum Gasteiger partial charge on any atom is -0.334 e. The Bertz CT molecular complexity index is 972. The third-order valence-electron chi connectivity index (χ3n) is 5.17. The fourth-order valence-corrected chi connectivity index (χ4v) is 3.78. The van der Waals surface area contributed by atoms with Crippen LogP contribution in [-0.2, 0) is 26.6 Å². The second kappa shape index (κ2) is 6.98. The van der Waals surface area contributed by atoms with Crippen LogP contribution in [0.4, 0.5) is 0 Å². The molecule has 3 aromatic heterocycles. The van der Waals surface area contributed by atoms with E-state index in [-0.39, 0.29) is 5.91 Å². The lowest BCUT2D eigenvalue weighted by Crippen LogP contribution is -2.36. The standard InChI is InChI=1S/C20H24N6O/c1-4-10-26-14(2)12-22-19(26)18-16-13-25(11-7-17(16)24(3)23-18)20(27)15-5-8-21-9-6-15/h5-6,8-9,12H,4,7,10-11,13H2,1-3H3. The van der Waals surface area contributed by atoms with Crippen LogP contribution >= 0.6 is 0 Å². The van der Waals surface area contributed by atoms with Crippen molar-refractivity contribution in [3.8, 4) is 11.5 Å². The van der Waals surface area contributed by atoms with Gasteiger partial charge in [0.05, 0.1) is 6.54 Å². The average molecular weight is 364 g/mol. The summed E-state index contributed by atoms with van der Waals surface area (Å²) in [5.41, 5.74) is 4.98. The molecule has 4 rings (SSSR count). The topological polar surface area (TPSA) is 68.8 Å². The number of imidazole rings is 1. The van der Waals surface area contributed by atoms with Gasteiger partial charge in [-0.3, -0.25) is 14.5 Å². The number of carbonyl (C=O) groups excluding carboxylic acids is 1. The number of carbonyl (C=O) groups is 1. The van der Waals surface area contributed by atoms with Gasteiger partial charge in [0.2, 0.25) is 0 Å². The Morgan fingerprint density at radius 1 is 1.26 bits per heavy atom. The maximum Gasteiger partial charge on any atom is 0.254 e. The molecule has 0 saturated heterocycles. The first kappa shape index (κ1) is 17.5. The molecule has 0 radical (unpaired) electrons. The molecule has 0 aliphatic carbocycles. The van der Waals surface area contributed by atoms with Crippen LogP contribution in [-0.4, -0.2) is 41.7 Å². The molecular weight excluding hydrogens is 340 g/mol. The summed E-state index contributed by atoms with van der Waals surface area (Å²) in [6, 6.07) is 3.53. The fraction of sp³-hybridized carbons (Fsp3) is 0.400. The summed E-state index contributed by atoms with van der Waals surface area (Å²) in [5.74, 6) is 0.926. The van der Waals surface area contributed by atoms with Crippen LogP contribution in [0.5, 0.6) is 0 Å². The van der Waals surface area contributed by atoms with E-state index in [1.807, 2.05) is 22.8 Å². The van der Waals surface area contributed by atoms with Crippen molar-refractivity contribution in [3.63, 3.8) is 0 Å². The number of hydrogen-bond donors (Lipinski definition) is 0. The second-order valence-corrected chi connectivity index (χ2v) is 6.98. The smallest absolute Gasteiger partial charge is 0.254 e. The highest BCUT2D eigenvalue weighted by Gasteiger charge is 2.29. The predicted molar refractivity (Wildman–Crippen MR) is 102 cm³/mol. The van der Waals surface area contributed by atoms with Crippen LogP contribution in [0.15, 0.2) is 30.7 Å². The van der Waals surface area contributed by atoms with E-state index in [0.717, 1.165) is 42.2 Å². The van der Waals surface area contributed by atoms with E-state index in [9.17, 15) is 4.79 Å². The van der Waals surface area contributed by atoms with Gasteiger partial charge in [0, 0.05) is 67.7 Å². The zero-order valence-electron chi connectivity index (χ0n) is 16.0. The van der Waals surface area contributed by atoms with Gasteiger partial charge in [0.1, 0.15) is 5.69 Å². The van der Waals surface area contributed by atoms with Crippen LogP contribution in [0.2, 0.25) is 0 Å². The van der Waals surface area contributed by atoms with Gasteiger partial charge in [0.25, 0.3) is 5.91 Å². The maximum absolute atomic E-state index is 12.9. The first-order valence-corrected chi connectivity index (χ1v) is 9.36. The molecular formula is C20H24N6O. The third-order valence-corrected chi connectivity index (χ3v) is 5.17. The molecule has 0 atom stereocenters. The Morgan fingerprint density at radius 3 is 2.78 bits per heavy atom. The lowest BCUT2D eigenvalue weighted by Gasteiger charge is -2.27. The van der Waals surface area contributed by atoms with Gasteiger partial charge in [-0.25, -0.2) is 4.98 Å². The molecule has 7 nitrogen and oxygen atoms in total. The predicted octanol–water partition coefficient (Wildman–Crippen LogP) is 2.60. The van der Waals surface area contributed by atoms with Gasteiger partial charge in [-0.1, -0.05) is 6.92 Å². The molecule has 4 heterocycles. The van der Waals surface area contributed by atoms with E-state index in [4.69, 9.17) is 5.10 Å². The average Bonchev–Trinajstić information content (AvgIpc) is 3.22. The molecule has 1 aliphatic rings. The zero-order valence-corrected chi connectivity index (χ0v) is 16.0. The SMILES string of the molecule is CCCn1c(C)cnc1-c1nn(C)c2c1CN(C(=O)c1ccncc1)CC2. The third kappa shape index (κ3) is 3.03. The summed E-state index contributed by atoms with van der Waals surface area (Å²) in [5, 5.41) is 4.77. The molecule has 0 fully saturated rings. The van der Waals surface area contributed by atoms with E-state index >= 15 is 0 Å². The Kier molecular flexibility index (Phi) is 4.51. The highest BCUT2D eigenvalue weighted by atomic mass is 16.2. The normalized spacial score (nSPS) is 13.7. The summed E-state index contributed by atoms with van der Waals surface area (Å²) < 4.78 is 4.16. The van der Waals surface area contributed by atoms with E-state index in [2.05, 4.69) is 28.4 Å². The quantitative estimate of drug-likeness (QED) is 0.714. The highest BCUT2D eigenvalue weighted by molar-refractivity contribution is 5.94. The molecule has 0 unspecified atom stereocenters. The summed E-state index contributed by atoms with van der Waals surface area (Å²) >= 11 is 0. The van der Waals surface area contributed by atoms with Gasteiger partial charge in [-0.05, 0) is 25.5 Å². The van der Waals surface area contributed by atoms with Crippen molar-refractivity contribution in [2.75, 3.05) is 6.54 Å². The van der Waals surface area contributed by atoms with Gasteiger partial charge >= 0.3 is 0 Å². The number of nitrogens with zero attached hydrogens (tertiary/aromatic N) is 6. The monoisotopic (exact) mass is 364 g/mol. The summed E-state index contributed by atoms with van der Waals surface area (Å²) in [6.45, 7) is 6.38. The second-order valence-electron chi connectivity index (χ2n) is 6.98. The Hall–Kier alpha value is -2.96. The number of pyridine rings is 1. The van der Waals surface area contributed by atoms with Gasteiger partial charge in [-0.2, -0.15) is 5.10 Å². The molecule has 27 heavy (non-hydrogen) atoms. The van der Waals surface area contributed by atoms with E-state index in [1.54, 1.807) is 24.5 Å². The minimum absolute atomic E-state index is 0.0333. The molecule has 0 aromatic carbocycles. The molecule has 7 heteroatoms. The van der Waals surface area contributed by atoms with Crippen molar-refractivity contribution in [3.05, 3.63) is 53.2 Å². The van der Waals surface area contributed by atoms with Crippen molar-refractivity contribution < 1.29 is 4.79 Å². The van der Waals surface area contributed by atoms with Gasteiger partial charge < -0.3 is 9.47 Å². The Morgan fingerprint density at radius 2 is 2.04 bits per heavy atom. The summed E-state index contributed by atoms with van der Waals surface area (Å²) in [6.07, 6.45) is 7.04. The molecule has 3 aromatic rings. The molecule has 0 N–H and O–H groups in total. The molecule has 0 saturated carbocycles. The lowest BCUT2D eigenvalue weighted by atomic mass is 10.0. The van der Waals surface area contributed by atoms with Crippen LogP contribution in [0.1, 0.15) is 40.7 Å². The van der Waals surface area contributed by atoms with Crippen LogP contribution in [0.3, 0.4) is 0 Å². The van der Waals surface area contributed by atoms with Crippen LogP contribution in [0, 0.1) is 6.92 Å². The van der Waals surface area contributed by atoms with Crippen molar-refractivity contribution in [2.24, 2.45) is 7.05 Å². The Labute approximate surface area is 158 Å². The highest BCUT2D eigenvalue weighted by Crippen LogP contribution is 2.30. The largest absolute Gasteiger partial charge is 0.334 e. The number of fused-ring (bicyclic) bond motifs is 1. The van der Waals surface area contributed by atoms with Crippen LogP contribution in [0.25, 0.3) is 11.5 Å². The van der Waals surface area contributed by atoms with Gasteiger partial charge in [-0.15, -0.1) is 0 Å². The first-order valence-electron chi connectivity index (χ1n) is 9.36. The van der Waals surface area contributed by atoms with Crippen LogP contribution < -0.4 is 0 Å². The summed E-state index contributed by atoms with van der Waals surface area (Å²) in [7, 11) is 1.97. The maximum atomic E-state index is 12.9. The number of hydrogen-bond acceptors (Lipinski definition) is 4. The van der Waals surface area contributed by atoms with Crippen molar-refractivity contribution in [1.29, 1.82) is 0 Å². The molecule has 1 aliphatic heterocycles. The number of amides is 1. The molecule has 0 bridgehead atoms. The van der Waals surface area contributed by atoms with Gasteiger partial charge in [0.15, 0.2) is 5.82 Å². The first-order chi connectivity index (χ1) is 13.1. The van der Waals surface area contributed by atoms with E-state index < -0.39 is 0 Å². The zero-order chi connectivity index (χ0) is 19.0. The number of rotatable bonds is 4. The Balaban J connectivity index is 1.71. The molecule has 140 valence electrons. The number of aryl methyl sites for hydroxylation is 2. The molecule has 0 spiro atoms. The number of aromatic nitrogens is 5.